The van der Waals surface area contributed by atoms with Crippen LogP contribution in [0.5, 0.6) is 11.5 Å². The SMILES string of the molecule is CC(C)(C)OC(=O)c1cncc(N(Cc2cncs2)c2ccc(OC(F)F)c(OC(F)F)c2)c1. The molecular formula is C22H21F4N3O4S. The van der Waals surface area contributed by atoms with E-state index in [1.807, 2.05) is 0 Å². The zero-order chi connectivity index (χ0) is 24.9. The number of esters is 1. The average molecular weight is 499 g/mol. The quantitative estimate of drug-likeness (QED) is 0.263. The molecule has 0 saturated carbocycles. The summed E-state index contributed by atoms with van der Waals surface area (Å²) in [6.45, 7) is -1.09. The van der Waals surface area contributed by atoms with Gasteiger partial charge in [-0.2, -0.15) is 17.6 Å². The number of ether oxygens (including phenoxy) is 3. The second kappa shape index (κ2) is 10.7. The van der Waals surface area contributed by atoms with Crippen molar-refractivity contribution in [3.63, 3.8) is 0 Å². The first-order chi connectivity index (χ1) is 16.0. The van der Waals surface area contributed by atoms with Crippen molar-refractivity contribution in [2.45, 2.75) is 46.1 Å². The summed E-state index contributed by atoms with van der Waals surface area (Å²) in [5, 5.41) is 0. The van der Waals surface area contributed by atoms with Crippen LogP contribution >= 0.6 is 11.3 Å². The Hall–Kier alpha value is -3.41. The van der Waals surface area contributed by atoms with Gasteiger partial charge in [-0.15, -0.1) is 11.3 Å². The minimum Gasteiger partial charge on any atom is -0.456 e. The summed E-state index contributed by atoms with van der Waals surface area (Å²) in [5.74, 6) is -1.71. The topological polar surface area (TPSA) is 73.8 Å². The number of hydrogen-bond donors (Lipinski definition) is 0. The number of benzene rings is 1. The molecule has 7 nitrogen and oxygen atoms in total. The summed E-state index contributed by atoms with van der Waals surface area (Å²) in [4.78, 5) is 23.1. The summed E-state index contributed by atoms with van der Waals surface area (Å²) in [6.07, 6.45) is 4.42. The van der Waals surface area contributed by atoms with Crippen LogP contribution in [0.15, 0.2) is 48.4 Å². The lowest BCUT2D eigenvalue weighted by Gasteiger charge is -2.26. The first-order valence-electron chi connectivity index (χ1n) is 9.89. The van der Waals surface area contributed by atoms with Crippen molar-refractivity contribution in [1.82, 2.24) is 9.97 Å². The molecule has 0 unspecified atom stereocenters. The van der Waals surface area contributed by atoms with E-state index in [0.717, 1.165) is 17.0 Å². The number of aromatic nitrogens is 2. The molecule has 0 atom stereocenters. The lowest BCUT2D eigenvalue weighted by Crippen LogP contribution is -2.24. The fourth-order valence-corrected chi connectivity index (χ4v) is 3.46. The van der Waals surface area contributed by atoms with Crippen molar-refractivity contribution in [2.24, 2.45) is 0 Å². The molecule has 2 aromatic heterocycles. The second-order valence-corrected chi connectivity index (χ2v) is 8.85. The van der Waals surface area contributed by atoms with Crippen molar-refractivity contribution in [2.75, 3.05) is 4.90 Å². The van der Waals surface area contributed by atoms with Gasteiger partial charge in [0.05, 0.1) is 29.5 Å². The van der Waals surface area contributed by atoms with E-state index in [0.29, 0.717) is 11.4 Å². The zero-order valence-electron chi connectivity index (χ0n) is 18.4. The van der Waals surface area contributed by atoms with E-state index in [1.54, 1.807) is 37.4 Å². The number of anilines is 2. The molecule has 0 amide bonds. The first kappa shape index (κ1) is 25.2. The summed E-state index contributed by atoms with van der Waals surface area (Å²) in [7, 11) is 0. The fraction of sp³-hybridized carbons (Fsp3) is 0.318. The van der Waals surface area contributed by atoms with E-state index < -0.39 is 36.3 Å². The third-order valence-corrected chi connectivity index (χ3v) is 4.90. The van der Waals surface area contributed by atoms with Gasteiger partial charge in [0, 0.05) is 29.0 Å². The number of rotatable bonds is 9. The predicted molar refractivity (Wildman–Crippen MR) is 117 cm³/mol. The molecule has 0 saturated heterocycles. The monoisotopic (exact) mass is 499 g/mol. The summed E-state index contributed by atoms with van der Waals surface area (Å²) in [5.41, 5.74) is 1.78. The maximum atomic E-state index is 12.9. The van der Waals surface area contributed by atoms with E-state index in [4.69, 9.17) is 4.74 Å². The maximum Gasteiger partial charge on any atom is 0.387 e. The Morgan fingerprint density at radius 2 is 1.68 bits per heavy atom. The molecule has 0 aliphatic rings. The Kier molecular flexibility index (Phi) is 7.92. The van der Waals surface area contributed by atoms with Crippen LogP contribution in [-0.2, 0) is 11.3 Å². The molecule has 0 aliphatic carbocycles. The Labute approximate surface area is 196 Å². The van der Waals surface area contributed by atoms with E-state index in [-0.39, 0.29) is 12.1 Å². The van der Waals surface area contributed by atoms with Gasteiger partial charge in [0.1, 0.15) is 5.60 Å². The van der Waals surface area contributed by atoms with Gasteiger partial charge in [-0.05, 0) is 39.0 Å². The largest absolute Gasteiger partial charge is 0.456 e. The number of carbonyl (C=O) groups is 1. The molecule has 182 valence electrons. The summed E-state index contributed by atoms with van der Waals surface area (Å²) < 4.78 is 65.4. The van der Waals surface area contributed by atoms with E-state index >= 15 is 0 Å². The molecule has 3 rings (SSSR count). The number of carbonyl (C=O) groups excluding carboxylic acids is 1. The van der Waals surface area contributed by atoms with Crippen molar-refractivity contribution in [1.29, 1.82) is 0 Å². The first-order valence-corrected chi connectivity index (χ1v) is 10.8. The van der Waals surface area contributed by atoms with Crippen LogP contribution in [-0.4, -0.2) is 34.8 Å². The molecule has 34 heavy (non-hydrogen) atoms. The van der Waals surface area contributed by atoms with Crippen LogP contribution in [0.3, 0.4) is 0 Å². The number of thiazole rings is 1. The van der Waals surface area contributed by atoms with Gasteiger partial charge in [0.15, 0.2) is 11.5 Å². The Morgan fingerprint density at radius 1 is 0.971 bits per heavy atom. The van der Waals surface area contributed by atoms with Gasteiger partial charge in [0.25, 0.3) is 0 Å². The number of halogens is 4. The average Bonchev–Trinajstić information content (AvgIpc) is 3.25. The standard InChI is InChI=1S/C22H21F4N3O4S/c1-22(2,3)33-19(30)13-6-15(9-27-8-13)29(11-16-10-28-12-34-16)14-4-5-17(31-20(23)24)18(7-14)32-21(25)26/h4-10,12,20-21H,11H2,1-3H3. The highest BCUT2D eigenvalue weighted by Crippen LogP contribution is 2.37. The summed E-state index contributed by atoms with van der Waals surface area (Å²) >= 11 is 1.35. The summed E-state index contributed by atoms with van der Waals surface area (Å²) in [6, 6.07) is 5.17. The maximum absolute atomic E-state index is 12.9. The Bertz CT molecular complexity index is 1110. The molecule has 2 heterocycles. The van der Waals surface area contributed by atoms with Crippen molar-refractivity contribution >= 4 is 28.7 Å². The number of hydrogen-bond acceptors (Lipinski definition) is 8. The lowest BCUT2D eigenvalue weighted by molar-refractivity contribution is -0.0692. The normalized spacial score (nSPS) is 11.6. The Morgan fingerprint density at radius 3 is 2.29 bits per heavy atom. The van der Waals surface area contributed by atoms with E-state index in [9.17, 15) is 22.4 Å². The van der Waals surface area contributed by atoms with Crippen LogP contribution in [0.4, 0.5) is 28.9 Å². The molecule has 0 bridgehead atoms. The second-order valence-electron chi connectivity index (χ2n) is 7.88. The minimum absolute atomic E-state index is 0.170. The zero-order valence-corrected chi connectivity index (χ0v) is 19.2. The highest BCUT2D eigenvalue weighted by atomic mass is 32.1. The molecule has 0 N–H and O–H groups in total. The van der Waals surface area contributed by atoms with Crippen LogP contribution in [0.1, 0.15) is 36.0 Å². The molecular weight excluding hydrogens is 478 g/mol. The van der Waals surface area contributed by atoms with Gasteiger partial charge < -0.3 is 19.1 Å². The van der Waals surface area contributed by atoms with Crippen molar-refractivity contribution in [3.8, 4) is 11.5 Å². The Balaban J connectivity index is 2.04. The third kappa shape index (κ3) is 7.04. The van der Waals surface area contributed by atoms with Crippen LogP contribution in [0.2, 0.25) is 0 Å². The van der Waals surface area contributed by atoms with Gasteiger partial charge in [-0.25, -0.2) is 4.79 Å². The third-order valence-electron chi connectivity index (χ3n) is 4.14. The van der Waals surface area contributed by atoms with Gasteiger partial charge in [-0.1, -0.05) is 0 Å². The predicted octanol–water partition coefficient (Wildman–Crippen LogP) is 6.03. The van der Waals surface area contributed by atoms with Crippen LogP contribution in [0, 0.1) is 0 Å². The molecule has 1 aromatic carbocycles. The number of pyridine rings is 1. The smallest absolute Gasteiger partial charge is 0.387 e. The molecule has 0 radical (unpaired) electrons. The molecule has 0 fully saturated rings. The molecule has 3 aromatic rings. The number of alkyl halides is 4. The fourth-order valence-electron chi connectivity index (χ4n) is 2.88. The highest BCUT2D eigenvalue weighted by Gasteiger charge is 2.22. The number of nitrogens with zero attached hydrogens (tertiary/aromatic N) is 3. The molecule has 0 aliphatic heterocycles. The van der Waals surface area contributed by atoms with E-state index in [2.05, 4.69) is 19.4 Å². The van der Waals surface area contributed by atoms with Crippen LogP contribution in [0.25, 0.3) is 0 Å². The van der Waals surface area contributed by atoms with Crippen molar-refractivity contribution < 1.29 is 36.6 Å². The van der Waals surface area contributed by atoms with Crippen LogP contribution < -0.4 is 14.4 Å². The van der Waals surface area contributed by atoms with E-state index in [1.165, 1.54) is 35.9 Å². The molecule has 0 spiro atoms. The van der Waals surface area contributed by atoms with Gasteiger partial charge in [-0.3, -0.25) is 9.97 Å². The highest BCUT2D eigenvalue weighted by molar-refractivity contribution is 7.09. The minimum atomic E-state index is -3.26. The van der Waals surface area contributed by atoms with Gasteiger partial charge >= 0.3 is 19.2 Å². The molecule has 12 heteroatoms. The lowest BCUT2D eigenvalue weighted by atomic mass is 10.1. The van der Waals surface area contributed by atoms with Gasteiger partial charge in [0.2, 0.25) is 0 Å². The van der Waals surface area contributed by atoms with Crippen molar-refractivity contribution in [3.05, 3.63) is 58.8 Å².